The van der Waals surface area contributed by atoms with Gasteiger partial charge in [-0.15, -0.1) is 0 Å². The van der Waals surface area contributed by atoms with Crippen molar-refractivity contribution < 1.29 is 45.7 Å². The van der Waals surface area contributed by atoms with Crippen molar-refractivity contribution in [1.82, 2.24) is 0 Å². The Labute approximate surface area is 57.7 Å². The molecule has 0 aromatic carbocycles. The van der Waals surface area contributed by atoms with Crippen LogP contribution in [-0.4, -0.2) is 19.6 Å². The fourth-order valence-electron chi connectivity index (χ4n) is 0.128. The average molecular weight is 348 g/mol. The zero-order valence-corrected chi connectivity index (χ0v) is 8.38. The van der Waals surface area contributed by atoms with Crippen LogP contribution in [-0.2, 0) is 26.1 Å². The van der Waals surface area contributed by atoms with Crippen molar-refractivity contribution in [2.24, 2.45) is 0 Å². The van der Waals surface area contributed by atoms with Crippen LogP contribution in [0.2, 0.25) is 0 Å². The molecule has 57 valence electrons. The molecule has 0 fully saturated rings. The molecule has 0 amide bonds. The summed E-state index contributed by atoms with van der Waals surface area (Å²) in [6.45, 7) is 0. The van der Waals surface area contributed by atoms with Gasteiger partial charge < -0.3 is 0 Å². The third-order valence-corrected chi connectivity index (χ3v) is 14.5. The van der Waals surface area contributed by atoms with E-state index in [0.29, 0.717) is 0 Å². The molecule has 6 nitrogen and oxygen atoms in total. The molecule has 0 heterocycles. The van der Waals surface area contributed by atoms with Crippen molar-refractivity contribution in [3.05, 3.63) is 0 Å². The van der Waals surface area contributed by atoms with Crippen LogP contribution in [0.5, 0.6) is 0 Å². The van der Waals surface area contributed by atoms with Gasteiger partial charge >= 0.3 is 57.3 Å². The molecule has 0 radical (unpaired) electrons. The fourth-order valence-corrected chi connectivity index (χ4v) is 9.45. The molecular formula is H4O6P2Re. The molecule has 9 heavy (non-hydrogen) atoms. The second-order valence-electron chi connectivity index (χ2n) is 1.02. The summed E-state index contributed by atoms with van der Waals surface area (Å²) in [5, 5.41) is 0. The molecule has 0 aliphatic rings. The van der Waals surface area contributed by atoms with Crippen LogP contribution in [0.15, 0.2) is 0 Å². The maximum atomic E-state index is 9.92. The van der Waals surface area contributed by atoms with Gasteiger partial charge in [0.25, 0.3) is 0 Å². The first-order valence-corrected chi connectivity index (χ1v) is 11.8. The summed E-state index contributed by atoms with van der Waals surface area (Å²) in [7, 11) is 0. The summed E-state index contributed by atoms with van der Waals surface area (Å²) in [5.74, 6) is -8.80. The van der Waals surface area contributed by atoms with Gasteiger partial charge in [0, 0.05) is 0 Å². The number of hydrogen-bond acceptors (Lipinski definition) is 2. The molecule has 0 unspecified atom stereocenters. The quantitative estimate of drug-likeness (QED) is 0.489. The Balaban J connectivity index is 4.07. The topological polar surface area (TPSA) is 115 Å². The summed E-state index contributed by atoms with van der Waals surface area (Å²) in [6.07, 6.45) is 0. The SMILES string of the molecule is O=[P](O)(O)[Re][P](=O)(O)O. The molecule has 4 N–H and O–H groups in total. The van der Waals surface area contributed by atoms with Crippen molar-refractivity contribution in [2.45, 2.75) is 0 Å². The minimum absolute atomic E-state index is 2.70. The van der Waals surface area contributed by atoms with E-state index in [1.54, 1.807) is 0 Å². The van der Waals surface area contributed by atoms with Crippen molar-refractivity contribution in [3.63, 3.8) is 0 Å². The normalized spacial score (nSPS) is 13.8. The third kappa shape index (κ3) is 8.96. The Bertz CT molecular complexity index is 151. The Kier molecular flexibility index (Phi) is 3.23. The van der Waals surface area contributed by atoms with E-state index in [0.717, 1.165) is 0 Å². The molecule has 9 heteroatoms. The van der Waals surface area contributed by atoms with Gasteiger partial charge in [-0.1, -0.05) is 0 Å². The van der Waals surface area contributed by atoms with E-state index in [2.05, 4.69) is 0 Å². The molecule has 0 saturated carbocycles. The molecule has 0 saturated heterocycles. The number of rotatable bonds is 2. The van der Waals surface area contributed by atoms with Gasteiger partial charge in [-0.2, -0.15) is 0 Å². The molecule has 0 aliphatic carbocycles. The Morgan fingerprint density at radius 1 is 0.889 bits per heavy atom. The van der Waals surface area contributed by atoms with Crippen LogP contribution < -0.4 is 0 Å². The number of hydrogen-bond donors (Lipinski definition) is 4. The molecule has 0 rings (SSSR count). The van der Waals surface area contributed by atoms with Crippen LogP contribution in [0.25, 0.3) is 0 Å². The third-order valence-electron chi connectivity index (χ3n) is 0.197. The van der Waals surface area contributed by atoms with Crippen LogP contribution >= 0.6 is 11.6 Å². The second-order valence-corrected chi connectivity index (χ2v) is 17.9. The monoisotopic (exact) mass is 349 g/mol. The van der Waals surface area contributed by atoms with E-state index in [-0.39, 0.29) is 0 Å². The average Bonchev–Trinajstić information content (AvgIpc) is 1.14. The predicted molar refractivity (Wildman–Crippen MR) is 24.1 cm³/mol. The zero-order valence-electron chi connectivity index (χ0n) is 3.88. The van der Waals surface area contributed by atoms with Crippen LogP contribution in [0.3, 0.4) is 0 Å². The van der Waals surface area contributed by atoms with Gasteiger partial charge in [-0.25, -0.2) is 0 Å². The Hall–Kier alpha value is 0.962. The van der Waals surface area contributed by atoms with Crippen LogP contribution in [0.1, 0.15) is 0 Å². The molecule has 0 aromatic rings. The van der Waals surface area contributed by atoms with E-state index in [1.165, 1.54) is 0 Å². The summed E-state index contributed by atoms with van der Waals surface area (Å²) < 4.78 is 19.8. The summed E-state index contributed by atoms with van der Waals surface area (Å²) in [5.41, 5.74) is 0. The fraction of sp³-hybridized carbons (Fsp3) is 0. The van der Waals surface area contributed by atoms with E-state index in [9.17, 15) is 9.13 Å². The maximum absolute atomic E-state index is 9.92. The predicted octanol–water partition coefficient (Wildman–Crippen LogP) is -0.746. The van der Waals surface area contributed by atoms with E-state index in [4.69, 9.17) is 19.6 Å². The minimum atomic E-state index is -4.40. The molecule has 0 aliphatic heterocycles. The van der Waals surface area contributed by atoms with Gasteiger partial charge in [-0.3, -0.25) is 0 Å². The van der Waals surface area contributed by atoms with Crippen molar-refractivity contribution in [1.29, 1.82) is 0 Å². The van der Waals surface area contributed by atoms with Gasteiger partial charge in [0.15, 0.2) is 0 Å². The molecule has 0 bridgehead atoms. The van der Waals surface area contributed by atoms with Gasteiger partial charge in [0.05, 0.1) is 0 Å². The second kappa shape index (κ2) is 2.91. The van der Waals surface area contributed by atoms with E-state index < -0.39 is 28.6 Å². The molecular weight excluding hydrogens is 344 g/mol. The molecule has 0 aromatic heterocycles. The summed E-state index contributed by atoms with van der Waals surface area (Å²) >= 11 is -2.70. The van der Waals surface area contributed by atoms with Gasteiger partial charge in [0.2, 0.25) is 0 Å². The van der Waals surface area contributed by atoms with Gasteiger partial charge in [0.1, 0.15) is 0 Å². The first-order valence-electron chi connectivity index (χ1n) is 1.50. The van der Waals surface area contributed by atoms with Crippen molar-refractivity contribution in [2.75, 3.05) is 0 Å². The first-order chi connectivity index (χ1) is 3.71. The summed E-state index contributed by atoms with van der Waals surface area (Å²) in [4.78, 5) is 32.2. The Morgan fingerprint density at radius 3 is 1.11 bits per heavy atom. The molecule has 0 atom stereocenters. The van der Waals surface area contributed by atoms with E-state index in [1.807, 2.05) is 0 Å². The van der Waals surface area contributed by atoms with Crippen LogP contribution in [0, 0.1) is 0 Å². The van der Waals surface area contributed by atoms with Crippen molar-refractivity contribution in [3.8, 4) is 0 Å². The first kappa shape index (κ1) is 9.96. The van der Waals surface area contributed by atoms with Crippen molar-refractivity contribution >= 4 is 11.6 Å². The van der Waals surface area contributed by atoms with E-state index >= 15 is 0 Å². The summed E-state index contributed by atoms with van der Waals surface area (Å²) in [6, 6.07) is 0. The molecule has 0 spiro atoms. The Morgan fingerprint density at radius 2 is 1.11 bits per heavy atom. The zero-order chi connectivity index (χ0) is 7.71. The van der Waals surface area contributed by atoms with Gasteiger partial charge in [-0.05, 0) is 0 Å². The van der Waals surface area contributed by atoms with Crippen LogP contribution in [0.4, 0.5) is 0 Å². The standard InChI is InChI=1S/2HO3P.Re/c2*1-4(2)3;/h2*(H-,1,2,3);/q;;-2/p+2.